The van der Waals surface area contributed by atoms with E-state index in [2.05, 4.69) is 0 Å². The van der Waals surface area contributed by atoms with Gasteiger partial charge in [-0.3, -0.25) is 19.8 Å². The minimum atomic E-state index is -5.16. The van der Waals surface area contributed by atoms with Crippen LogP contribution in [-0.4, -0.2) is 34.6 Å². The largest absolute Gasteiger partial charge is 0.440 e. The molecule has 3 rings (SSSR count). The highest BCUT2D eigenvalue weighted by Crippen LogP contribution is 2.36. The van der Waals surface area contributed by atoms with Crippen LogP contribution < -0.4 is 10.6 Å². The van der Waals surface area contributed by atoms with Gasteiger partial charge in [0.2, 0.25) is 5.91 Å². The molecule has 1 aliphatic heterocycles. The summed E-state index contributed by atoms with van der Waals surface area (Å²) in [5.74, 6) is -2.96. The lowest BCUT2D eigenvalue weighted by molar-refractivity contribution is -0.204. The molecule has 1 saturated heterocycles. The summed E-state index contributed by atoms with van der Waals surface area (Å²) in [6, 6.07) is 6.94. The van der Waals surface area contributed by atoms with Gasteiger partial charge in [0.25, 0.3) is 11.6 Å². The van der Waals surface area contributed by atoms with Crippen LogP contribution >= 0.6 is 0 Å². The maximum absolute atomic E-state index is 13.5. The maximum Gasteiger partial charge on any atom is 0.440 e. The highest BCUT2D eigenvalue weighted by atomic mass is 19.4. The number of urea groups is 1. The standard InChI is InChI=1S/C15H14F3N3O3/c16-15(17,18)14(19-11(22)10-6-7-10)12(23)21(13(24)20-14)8-9-4-2-1-3-5-9/h1-5,10H,6-8H2,(H,19,22)(H,20,24)/t14-/m0/s1. The maximum atomic E-state index is 13.5. The summed E-state index contributed by atoms with van der Waals surface area (Å²) >= 11 is 0. The molecule has 128 valence electrons. The van der Waals surface area contributed by atoms with E-state index in [4.69, 9.17) is 0 Å². The van der Waals surface area contributed by atoms with E-state index < -0.39 is 35.6 Å². The van der Waals surface area contributed by atoms with E-state index in [1.54, 1.807) is 41.0 Å². The molecule has 1 aromatic carbocycles. The summed E-state index contributed by atoms with van der Waals surface area (Å²) in [6.07, 6.45) is -4.22. The van der Waals surface area contributed by atoms with Crippen molar-refractivity contribution in [3.8, 4) is 0 Å². The Morgan fingerprint density at radius 2 is 1.88 bits per heavy atom. The van der Waals surface area contributed by atoms with Crippen molar-refractivity contribution in [1.29, 1.82) is 0 Å². The quantitative estimate of drug-likeness (QED) is 0.815. The number of rotatable bonds is 4. The summed E-state index contributed by atoms with van der Waals surface area (Å²) in [7, 11) is 0. The average Bonchev–Trinajstić information content (AvgIpc) is 3.32. The minimum absolute atomic E-state index is 0.317. The van der Waals surface area contributed by atoms with E-state index in [1.807, 2.05) is 0 Å². The van der Waals surface area contributed by atoms with Crippen molar-refractivity contribution in [1.82, 2.24) is 15.5 Å². The highest BCUT2D eigenvalue weighted by Gasteiger charge is 2.69. The van der Waals surface area contributed by atoms with Crippen LogP contribution in [0.1, 0.15) is 18.4 Å². The van der Waals surface area contributed by atoms with Crippen molar-refractivity contribution in [3.05, 3.63) is 35.9 Å². The summed E-state index contributed by atoms with van der Waals surface area (Å²) in [5, 5.41) is 3.32. The first-order valence-corrected chi connectivity index (χ1v) is 7.31. The first-order chi connectivity index (χ1) is 11.2. The molecular formula is C15H14F3N3O3. The van der Waals surface area contributed by atoms with Gasteiger partial charge in [-0.25, -0.2) is 4.79 Å². The molecule has 1 aromatic rings. The normalized spacial score (nSPS) is 24.0. The zero-order chi connectivity index (χ0) is 17.5. The van der Waals surface area contributed by atoms with Gasteiger partial charge in [0.15, 0.2) is 0 Å². The lowest BCUT2D eigenvalue weighted by atomic mass is 10.1. The van der Waals surface area contributed by atoms with Crippen molar-refractivity contribution in [2.45, 2.75) is 31.2 Å². The SMILES string of the molecule is O=C(N[C@]1(C(F)(F)F)NC(=O)N(Cc2ccccc2)C1=O)C1CC1. The Morgan fingerprint density at radius 1 is 1.25 bits per heavy atom. The number of halogens is 3. The number of imide groups is 1. The molecule has 0 bridgehead atoms. The minimum Gasteiger partial charge on any atom is -0.318 e. The van der Waals surface area contributed by atoms with Crippen LogP contribution in [0.5, 0.6) is 0 Å². The molecule has 0 aromatic heterocycles. The van der Waals surface area contributed by atoms with Crippen LogP contribution in [0.15, 0.2) is 30.3 Å². The zero-order valence-corrected chi connectivity index (χ0v) is 12.4. The predicted molar refractivity (Wildman–Crippen MR) is 75.2 cm³/mol. The molecule has 1 atom stereocenters. The number of nitrogens with zero attached hydrogens (tertiary/aromatic N) is 1. The van der Waals surface area contributed by atoms with Crippen LogP contribution in [-0.2, 0) is 16.1 Å². The number of carbonyl (C=O) groups is 3. The van der Waals surface area contributed by atoms with Gasteiger partial charge >= 0.3 is 12.2 Å². The van der Waals surface area contributed by atoms with Gasteiger partial charge in [0.1, 0.15) is 0 Å². The highest BCUT2D eigenvalue weighted by molar-refractivity contribution is 6.09. The van der Waals surface area contributed by atoms with Gasteiger partial charge in [0.05, 0.1) is 6.54 Å². The van der Waals surface area contributed by atoms with E-state index in [9.17, 15) is 27.6 Å². The number of amides is 4. The Balaban J connectivity index is 1.88. The Hall–Kier alpha value is -2.58. The van der Waals surface area contributed by atoms with Gasteiger partial charge in [-0.05, 0) is 18.4 Å². The van der Waals surface area contributed by atoms with Crippen molar-refractivity contribution in [3.63, 3.8) is 0 Å². The van der Waals surface area contributed by atoms with Gasteiger partial charge in [0, 0.05) is 5.92 Å². The van der Waals surface area contributed by atoms with Crippen molar-refractivity contribution in [2.75, 3.05) is 0 Å². The van der Waals surface area contributed by atoms with Crippen LogP contribution in [0.3, 0.4) is 0 Å². The molecule has 0 spiro atoms. The molecule has 4 amide bonds. The third-order valence-electron chi connectivity index (χ3n) is 3.97. The Labute approximate surface area is 135 Å². The molecule has 1 saturated carbocycles. The number of nitrogens with one attached hydrogen (secondary N) is 2. The topological polar surface area (TPSA) is 78.5 Å². The summed E-state index contributed by atoms with van der Waals surface area (Å²) < 4.78 is 40.6. The van der Waals surface area contributed by atoms with Gasteiger partial charge in [-0.15, -0.1) is 0 Å². The van der Waals surface area contributed by atoms with E-state index in [0.717, 1.165) is 0 Å². The number of hydrogen-bond donors (Lipinski definition) is 2. The van der Waals surface area contributed by atoms with E-state index in [0.29, 0.717) is 23.3 Å². The molecule has 9 heteroatoms. The molecule has 2 fully saturated rings. The van der Waals surface area contributed by atoms with Crippen LogP contribution in [0.2, 0.25) is 0 Å². The molecule has 0 radical (unpaired) electrons. The fourth-order valence-electron chi connectivity index (χ4n) is 2.47. The fraction of sp³-hybridized carbons (Fsp3) is 0.400. The van der Waals surface area contributed by atoms with Crippen LogP contribution in [0.25, 0.3) is 0 Å². The van der Waals surface area contributed by atoms with Crippen molar-refractivity contribution < 1.29 is 27.6 Å². The lowest BCUT2D eigenvalue weighted by Gasteiger charge is -2.29. The van der Waals surface area contributed by atoms with E-state index >= 15 is 0 Å². The molecule has 2 N–H and O–H groups in total. The molecule has 6 nitrogen and oxygen atoms in total. The molecule has 2 aliphatic rings. The van der Waals surface area contributed by atoms with Crippen molar-refractivity contribution in [2.24, 2.45) is 5.92 Å². The number of hydrogen-bond acceptors (Lipinski definition) is 3. The lowest BCUT2D eigenvalue weighted by Crippen LogP contribution is -2.69. The molecular weight excluding hydrogens is 327 g/mol. The smallest absolute Gasteiger partial charge is 0.318 e. The molecule has 0 unspecified atom stereocenters. The average molecular weight is 341 g/mol. The Morgan fingerprint density at radius 3 is 2.42 bits per heavy atom. The molecule has 1 heterocycles. The van der Waals surface area contributed by atoms with E-state index in [-0.39, 0.29) is 6.54 Å². The van der Waals surface area contributed by atoms with Crippen LogP contribution in [0.4, 0.5) is 18.0 Å². The Bertz CT molecular complexity index is 688. The zero-order valence-electron chi connectivity index (χ0n) is 12.4. The number of carbonyl (C=O) groups excluding carboxylic acids is 3. The molecule has 24 heavy (non-hydrogen) atoms. The summed E-state index contributed by atoms with van der Waals surface area (Å²) in [6.45, 7) is -0.317. The fourth-order valence-corrected chi connectivity index (χ4v) is 2.47. The third-order valence-corrected chi connectivity index (χ3v) is 3.97. The first-order valence-electron chi connectivity index (χ1n) is 7.31. The second-order valence-electron chi connectivity index (χ2n) is 5.82. The Kier molecular flexibility index (Phi) is 3.73. The summed E-state index contributed by atoms with van der Waals surface area (Å²) in [4.78, 5) is 36.6. The van der Waals surface area contributed by atoms with Crippen LogP contribution in [0, 0.1) is 5.92 Å². The van der Waals surface area contributed by atoms with Crippen molar-refractivity contribution >= 4 is 17.8 Å². The van der Waals surface area contributed by atoms with Gasteiger partial charge in [-0.2, -0.15) is 13.2 Å². The first kappa shape index (κ1) is 16.3. The second-order valence-corrected chi connectivity index (χ2v) is 5.82. The number of alkyl halides is 3. The van der Waals surface area contributed by atoms with Gasteiger partial charge < -0.3 is 5.32 Å². The predicted octanol–water partition coefficient (Wildman–Crippen LogP) is 1.52. The van der Waals surface area contributed by atoms with Gasteiger partial charge in [-0.1, -0.05) is 30.3 Å². The molecule has 1 aliphatic carbocycles. The monoisotopic (exact) mass is 341 g/mol. The number of benzene rings is 1. The summed E-state index contributed by atoms with van der Waals surface area (Å²) in [5.41, 5.74) is -2.91. The van der Waals surface area contributed by atoms with E-state index in [1.165, 1.54) is 0 Å². The second kappa shape index (κ2) is 5.50. The third kappa shape index (κ3) is 2.70.